The molecule has 0 aromatic carbocycles. The van der Waals surface area contributed by atoms with Gasteiger partial charge in [0.1, 0.15) is 11.8 Å². The van der Waals surface area contributed by atoms with Gasteiger partial charge >= 0.3 is 11.9 Å². The van der Waals surface area contributed by atoms with Gasteiger partial charge in [0.05, 0.1) is 13.2 Å². The summed E-state index contributed by atoms with van der Waals surface area (Å²) < 4.78 is 9.48. The van der Waals surface area contributed by atoms with E-state index >= 15 is 0 Å². The number of hydrogen-bond acceptors (Lipinski definition) is 6. The van der Waals surface area contributed by atoms with Crippen LogP contribution in [0.3, 0.4) is 0 Å². The Balaban J connectivity index is 2.93. The molecule has 0 aromatic rings. The maximum absolute atomic E-state index is 11.7. The zero-order valence-electron chi connectivity index (χ0n) is 10.6. The molecule has 0 N–H and O–H groups in total. The smallest absolute Gasteiger partial charge is 0.317 e. The van der Waals surface area contributed by atoms with E-state index in [0.29, 0.717) is 0 Å². The molecule has 6 nitrogen and oxygen atoms in total. The van der Waals surface area contributed by atoms with E-state index in [4.69, 9.17) is 9.47 Å². The van der Waals surface area contributed by atoms with Crippen LogP contribution in [0, 0.1) is 17.8 Å². The van der Waals surface area contributed by atoms with Gasteiger partial charge in [-0.2, -0.15) is 0 Å². The molecule has 0 aromatic heterocycles. The molecule has 3 atom stereocenters. The molecule has 0 heterocycles. The van der Waals surface area contributed by atoms with Crippen LogP contribution in [-0.2, 0) is 28.7 Å². The maximum atomic E-state index is 11.7. The fourth-order valence-electron chi connectivity index (χ4n) is 2.08. The van der Waals surface area contributed by atoms with Gasteiger partial charge in [0.25, 0.3) is 0 Å². The van der Waals surface area contributed by atoms with Crippen LogP contribution >= 0.6 is 0 Å². The average molecular weight is 256 g/mol. The van der Waals surface area contributed by atoms with Crippen molar-refractivity contribution in [1.82, 2.24) is 0 Å². The van der Waals surface area contributed by atoms with E-state index in [1.165, 1.54) is 6.92 Å². The molecule has 1 unspecified atom stereocenters. The monoisotopic (exact) mass is 256 g/mol. The van der Waals surface area contributed by atoms with Gasteiger partial charge in [-0.05, 0) is 19.8 Å². The van der Waals surface area contributed by atoms with Crippen LogP contribution in [0.2, 0.25) is 0 Å². The largest absolute Gasteiger partial charge is 0.465 e. The zero-order chi connectivity index (χ0) is 13.9. The summed E-state index contributed by atoms with van der Waals surface area (Å²) in [6.07, 6.45) is 0. The van der Waals surface area contributed by atoms with E-state index in [-0.39, 0.29) is 13.2 Å². The van der Waals surface area contributed by atoms with Crippen molar-refractivity contribution >= 4 is 23.5 Å². The van der Waals surface area contributed by atoms with Crippen molar-refractivity contribution in [2.75, 3.05) is 13.2 Å². The first-order valence-corrected chi connectivity index (χ1v) is 5.87. The fourth-order valence-corrected chi connectivity index (χ4v) is 2.08. The van der Waals surface area contributed by atoms with Crippen molar-refractivity contribution in [3.8, 4) is 0 Å². The lowest BCUT2D eigenvalue weighted by atomic mass is 9.91. The van der Waals surface area contributed by atoms with Crippen molar-refractivity contribution in [3.05, 3.63) is 0 Å². The second kappa shape index (κ2) is 5.75. The van der Waals surface area contributed by atoms with Gasteiger partial charge in [0.15, 0.2) is 0 Å². The zero-order valence-corrected chi connectivity index (χ0v) is 10.6. The topological polar surface area (TPSA) is 86.7 Å². The second-order valence-corrected chi connectivity index (χ2v) is 4.05. The van der Waals surface area contributed by atoms with Crippen LogP contribution in [0.1, 0.15) is 20.8 Å². The van der Waals surface area contributed by atoms with Crippen LogP contribution in [0.5, 0.6) is 0 Å². The van der Waals surface area contributed by atoms with Crippen LogP contribution in [-0.4, -0.2) is 36.7 Å². The van der Waals surface area contributed by atoms with Gasteiger partial charge in [0.2, 0.25) is 11.6 Å². The lowest BCUT2D eigenvalue weighted by Gasteiger charge is -2.15. The van der Waals surface area contributed by atoms with Crippen molar-refractivity contribution in [3.63, 3.8) is 0 Å². The summed E-state index contributed by atoms with van der Waals surface area (Å²) in [5.74, 6) is -6.33. The highest BCUT2D eigenvalue weighted by molar-refractivity contribution is 6.47. The normalized spacial score (nSPS) is 27.2. The number of esters is 2. The Morgan fingerprint density at radius 3 is 1.56 bits per heavy atom. The molecular formula is C12H16O6. The summed E-state index contributed by atoms with van der Waals surface area (Å²) in [6, 6.07) is 0. The second-order valence-electron chi connectivity index (χ2n) is 4.05. The highest BCUT2D eigenvalue weighted by Gasteiger charge is 2.54. The molecular weight excluding hydrogens is 240 g/mol. The third-order valence-electron chi connectivity index (χ3n) is 2.94. The summed E-state index contributed by atoms with van der Waals surface area (Å²) in [6.45, 7) is 4.95. The summed E-state index contributed by atoms with van der Waals surface area (Å²) in [5, 5.41) is 0. The molecule has 6 heteroatoms. The number of rotatable bonds is 4. The van der Waals surface area contributed by atoms with E-state index in [0.717, 1.165) is 0 Å². The third-order valence-corrected chi connectivity index (χ3v) is 2.94. The summed E-state index contributed by atoms with van der Waals surface area (Å²) in [5.41, 5.74) is 0. The summed E-state index contributed by atoms with van der Waals surface area (Å²) >= 11 is 0. The molecule has 0 aliphatic heterocycles. The molecule has 0 spiro atoms. The molecule has 1 aliphatic rings. The average Bonchev–Trinajstić information content (AvgIpc) is 2.51. The standard InChI is InChI=1S/C12H16O6/c1-4-17-11(15)7-6(3)8(10(14)9(7)13)12(16)18-5-2/h6-8H,4-5H2,1-3H3/t6?,7-,8+. The van der Waals surface area contributed by atoms with Gasteiger partial charge < -0.3 is 9.47 Å². The molecule has 0 radical (unpaired) electrons. The minimum absolute atomic E-state index is 0.119. The summed E-state index contributed by atoms with van der Waals surface area (Å²) in [7, 11) is 0. The van der Waals surface area contributed by atoms with Crippen LogP contribution < -0.4 is 0 Å². The Labute approximate surface area is 105 Å². The highest BCUT2D eigenvalue weighted by atomic mass is 16.5. The number of Topliss-reactive ketones (excluding diaryl/α,β-unsaturated/α-hetero) is 2. The molecule has 0 amide bonds. The Morgan fingerprint density at radius 1 is 0.944 bits per heavy atom. The molecule has 18 heavy (non-hydrogen) atoms. The quantitative estimate of drug-likeness (QED) is 0.404. The molecule has 0 saturated heterocycles. The SMILES string of the molecule is CCOC(=O)[C@@H]1C(=O)C(=O)[C@H](C(=O)OCC)C1C. The van der Waals surface area contributed by atoms with E-state index in [9.17, 15) is 19.2 Å². The number of carbonyl (C=O) groups excluding carboxylic acids is 4. The first kappa shape index (κ1) is 14.3. The van der Waals surface area contributed by atoms with Crippen molar-refractivity contribution < 1.29 is 28.7 Å². The number of carbonyl (C=O) groups is 4. The van der Waals surface area contributed by atoms with Crippen molar-refractivity contribution in [2.45, 2.75) is 20.8 Å². The molecule has 0 bridgehead atoms. The van der Waals surface area contributed by atoms with Gasteiger partial charge in [0, 0.05) is 0 Å². The first-order valence-electron chi connectivity index (χ1n) is 5.87. The van der Waals surface area contributed by atoms with Crippen molar-refractivity contribution in [2.24, 2.45) is 17.8 Å². The van der Waals surface area contributed by atoms with Crippen LogP contribution in [0.4, 0.5) is 0 Å². The van der Waals surface area contributed by atoms with Gasteiger partial charge in [-0.15, -0.1) is 0 Å². The molecule has 1 saturated carbocycles. The predicted octanol–water partition coefficient (Wildman–Crippen LogP) is 0.133. The van der Waals surface area contributed by atoms with E-state index in [1.54, 1.807) is 13.8 Å². The van der Waals surface area contributed by atoms with Gasteiger partial charge in [-0.1, -0.05) is 6.92 Å². The molecule has 100 valence electrons. The fraction of sp³-hybridized carbons (Fsp3) is 0.667. The third kappa shape index (κ3) is 2.42. The summed E-state index contributed by atoms with van der Waals surface area (Å²) in [4.78, 5) is 46.6. The Morgan fingerprint density at radius 2 is 1.28 bits per heavy atom. The van der Waals surface area contributed by atoms with Gasteiger partial charge in [-0.3, -0.25) is 19.2 Å². The number of ether oxygens (including phenoxy) is 2. The van der Waals surface area contributed by atoms with Crippen LogP contribution in [0.15, 0.2) is 0 Å². The Hall–Kier alpha value is -1.72. The van der Waals surface area contributed by atoms with E-state index in [2.05, 4.69) is 0 Å². The first-order chi connectivity index (χ1) is 8.45. The number of hydrogen-bond donors (Lipinski definition) is 0. The molecule has 1 rings (SSSR count). The Bertz CT molecular complexity index is 350. The predicted molar refractivity (Wildman–Crippen MR) is 59.4 cm³/mol. The lowest BCUT2D eigenvalue weighted by molar-refractivity contribution is -0.153. The molecule has 1 aliphatic carbocycles. The van der Waals surface area contributed by atoms with E-state index < -0.39 is 41.3 Å². The molecule has 1 fully saturated rings. The number of ketones is 2. The minimum Gasteiger partial charge on any atom is -0.465 e. The minimum atomic E-state index is -1.19. The van der Waals surface area contributed by atoms with Gasteiger partial charge in [-0.25, -0.2) is 0 Å². The van der Waals surface area contributed by atoms with E-state index in [1.807, 2.05) is 0 Å². The highest BCUT2D eigenvalue weighted by Crippen LogP contribution is 2.33. The van der Waals surface area contributed by atoms with Crippen LogP contribution in [0.25, 0.3) is 0 Å². The lowest BCUT2D eigenvalue weighted by Crippen LogP contribution is -2.29. The van der Waals surface area contributed by atoms with Crippen molar-refractivity contribution in [1.29, 1.82) is 0 Å². The maximum Gasteiger partial charge on any atom is 0.317 e. The Kier molecular flexibility index (Phi) is 4.58.